The second-order valence-electron chi connectivity index (χ2n) is 5.53. The molecule has 1 nitrogen and oxygen atoms in total. The van der Waals surface area contributed by atoms with Crippen LogP contribution < -0.4 is 0 Å². The molecule has 84 valence electrons. The van der Waals surface area contributed by atoms with Gasteiger partial charge in [-0.05, 0) is 51.6 Å². The topological polar surface area (TPSA) is 3.24 Å². The van der Waals surface area contributed by atoms with E-state index >= 15 is 0 Å². The third-order valence-corrected chi connectivity index (χ3v) is 3.90. The van der Waals surface area contributed by atoms with Crippen molar-refractivity contribution in [2.24, 2.45) is 5.41 Å². The van der Waals surface area contributed by atoms with Crippen molar-refractivity contribution in [1.29, 1.82) is 0 Å². The van der Waals surface area contributed by atoms with Gasteiger partial charge in [-0.3, -0.25) is 0 Å². The second-order valence-corrected chi connectivity index (χ2v) is 5.53. The molecular formula is C13H27N. The van der Waals surface area contributed by atoms with Gasteiger partial charge >= 0.3 is 0 Å². The molecule has 0 aliphatic heterocycles. The van der Waals surface area contributed by atoms with Crippen molar-refractivity contribution in [3.8, 4) is 0 Å². The Labute approximate surface area is 89.9 Å². The minimum absolute atomic E-state index is 0.721. The Bertz CT molecular complexity index is 161. The molecule has 1 rings (SSSR count). The molecule has 0 heterocycles. The molecule has 0 bridgehead atoms. The van der Waals surface area contributed by atoms with E-state index in [1.807, 2.05) is 0 Å². The molecule has 0 aromatic rings. The summed E-state index contributed by atoms with van der Waals surface area (Å²) in [4.78, 5) is 2.54. The molecule has 1 heteroatoms. The van der Waals surface area contributed by atoms with Gasteiger partial charge in [0.25, 0.3) is 0 Å². The summed E-state index contributed by atoms with van der Waals surface area (Å²) < 4.78 is 0. The van der Waals surface area contributed by atoms with Gasteiger partial charge in [-0.15, -0.1) is 0 Å². The van der Waals surface area contributed by atoms with Crippen molar-refractivity contribution < 1.29 is 0 Å². The molecule has 0 amide bonds. The molecule has 0 saturated heterocycles. The summed E-state index contributed by atoms with van der Waals surface area (Å²) in [5.41, 5.74) is 0.721. The van der Waals surface area contributed by atoms with Gasteiger partial charge in [0.15, 0.2) is 0 Å². The van der Waals surface area contributed by atoms with Crippen molar-refractivity contribution in [2.75, 3.05) is 13.6 Å². The molecule has 1 saturated carbocycles. The van der Waals surface area contributed by atoms with Crippen molar-refractivity contribution >= 4 is 0 Å². The van der Waals surface area contributed by atoms with Gasteiger partial charge in [-0.25, -0.2) is 0 Å². The van der Waals surface area contributed by atoms with Crippen LogP contribution in [0, 0.1) is 5.41 Å². The quantitative estimate of drug-likeness (QED) is 0.601. The molecule has 1 aliphatic carbocycles. The van der Waals surface area contributed by atoms with E-state index in [2.05, 4.69) is 32.7 Å². The van der Waals surface area contributed by atoms with Crippen LogP contribution in [0.3, 0.4) is 0 Å². The Morgan fingerprint density at radius 1 is 1.36 bits per heavy atom. The van der Waals surface area contributed by atoms with E-state index in [4.69, 9.17) is 0 Å². The van der Waals surface area contributed by atoms with Gasteiger partial charge in [0.05, 0.1) is 0 Å². The highest BCUT2D eigenvalue weighted by Gasteiger charge is 2.36. The van der Waals surface area contributed by atoms with Crippen LogP contribution >= 0.6 is 0 Å². The molecule has 0 aromatic heterocycles. The van der Waals surface area contributed by atoms with E-state index in [1.165, 1.54) is 45.1 Å². The van der Waals surface area contributed by atoms with Crippen LogP contribution in [0.5, 0.6) is 0 Å². The van der Waals surface area contributed by atoms with Gasteiger partial charge in [0.1, 0.15) is 0 Å². The van der Waals surface area contributed by atoms with Gasteiger partial charge in [0, 0.05) is 6.04 Å². The average Bonchev–Trinajstić information content (AvgIpc) is 2.90. The summed E-state index contributed by atoms with van der Waals surface area (Å²) in [6.07, 6.45) is 8.40. The maximum absolute atomic E-state index is 2.54. The van der Waals surface area contributed by atoms with E-state index in [1.54, 1.807) is 0 Å². The molecule has 14 heavy (non-hydrogen) atoms. The monoisotopic (exact) mass is 197 g/mol. The first kappa shape index (κ1) is 12.0. The molecule has 0 radical (unpaired) electrons. The summed E-state index contributed by atoms with van der Waals surface area (Å²) in [7, 11) is 2.28. The minimum atomic E-state index is 0.721. The fourth-order valence-corrected chi connectivity index (χ4v) is 1.85. The zero-order valence-corrected chi connectivity index (χ0v) is 10.5. The van der Waals surface area contributed by atoms with Crippen molar-refractivity contribution in [3.05, 3.63) is 0 Å². The lowest BCUT2D eigenvalue weighted by Crippen LogP contribution is -2.30. The zero-order chi connectivity index (χ0) is 10.6. The minimum Gasteiger partial charge on any atom is -0.304 e. The molecule has 0 spiro atoms. The lowest BCUT2D eigenvalue weighted by atomic mass is 10.0. The number of hydrogen-bond donors (Lipinski definition) is 0. The van der Waals surface area contributed by atoms with E-state index in [9.17, 15) is 0 Å². The summed E-state index contributed by atoms with van der Waals surface area (Å²) in [5.74, 6) is 0. The third-order valence-electron chi connectivity index (χ3n) is 3.90. The van der Waals surface area contributed by atoms with E-state index in [0.29, 0.717) is 0 Å². The highest BCUT2D eigenvalue weighted by atomic mass is 15.1. The maximum Gasteiger partial charge on any atom is 0.00638 e. The van der Waals surface area contributed by atoms with Crippen molar-refractivity contribution in [1.82, 2.24) is 4.90 Å². The van der Waals surface area contributed by atoms with Gasteiger partial charge in [-0.2, -0.15) is 0 Å². The molecule has 1 fully saturated rings. The van der Waals surface area contributed by atoms with Crippen LogP contribution in [-0.4, -0.2) is 24.5 Å². The zero-order valence-electron chi connectivity index (χ0n) is 10.5. The second kappa shape index (κ2) is 5.16. The predicted molar refractivity (Wildman–Crippen MR) is 63.6 cm³/mol. The largest absolute Gasteiger partial charge is 0.304 e. The average molecular weight is 197 g/mol. The van der Waals surface area contributed by atoms with Crippen LogP contribution in [0.1, 0.15) is 59.3 Å². The van der Waals surface area contributed by atoms with Crippen LogP contribution in [0.25, 0.3) is 0 Å². The lowest BCUT2D eigenvalue weighted by Gasteiger charge is -2.25. The Hall–Kier alpha value is -0.0400. The van der Waals surface area contributed by atoms with E-state index < -0.39 is 0 Å². The molecule has 1 atom stereocenters. The summed E-state index contributed by atoms with van der Waals surface area (Å²) in [5, 5.41) is 0. The Morgan fingerprint density at radius 2 is 2.00 bits per heavy atom. The number of unbranched alkanes of at least 4 members (excludes halogenated alkanes) is 1. The highest BCUT2D eigenvalue weighted by molar-refractivity contribution is 4.89. The van der Waals surface area contributed by atoms with Crippen LogP contribution in [0.2, 0.25) is 0 Å². The fourth-order valence-electron chi connectivity index (χ4n) is 1.85. The van der Waals surface area contributed by atoms with Gasteiger partial charge in [0.2, 0.25) is 0 Å². The summed E-state index contributed by atoms with van der Waals surface area (Å²) >= 11 is 0. The normalized spacial score (nSPS) is 21.2. The third kappa shape index (κ3) is 4.00. The molecule has 1 unspecified atom stereocenters. The van der Waals surface area contributed by atoms with Gasteiger partial charge in [-0.1, -0.05) is 26.7 Å². The molecule has 1 aliphatic rings. The SMILES string of the molecule is CCCCC(C)N(C)CCC1(C)CC1. The Morgan fingerprint density at radius 3 is 2.50 bits per heavy atom. The lowest BCUT2D eigenvalue weighted by molar-refractivity contribution is 0.224. The summed E-state index contributed by atoms with van der Waals surface area (Å²) in [6, 6.07) is 0.775. The van der Waals surface area contributed by atoms with Crippen LogP contribution in [-0.2, 0) is 0 Å². The standard InChI is InChI=1S/C13H27N/c1-5-6-7-12(2)14(4)11-10-13(3)8-9-13/h12H,5-11H2,1-4H3. The highest BCUT2D eigenvalue weighted by Crippen LogP contribution is 2.48. The van der Waals surface area contributed by atoms with Crippen LogP contribution in [0.15, 0.2) is 0 Å². The first-order chi connectivity index (χ1) is 6.57. The predicted octanol–water partition coefficient (Wildman–Crippen LogP) is 3.69. The summed E-state index contributed by atoms with van der Waals surface area (Å²) in [6.45, 7) is 8.36. The smallest absolute Gasteiger partial charge is 0.00638 e. The van der Waals surface area contributed by atoms with E-state index in [-0.39, 0.29) is 0 Å². The van der Waals surface area contributed by atoms with E-state index in [0.717, 1.165) is 11.5 Å². The first-order valence-electron chi connectivity index (χ1n) is 6.28. The van der Waals surface area contributed by atoms with Gasteiger partial charge < -0.3 is 4.90 Å². The number of rotatable bonds is 7. The molecular weight excluding hydrogens is 170 g/mol. The number of nitrogens with zero attached hydrogens (tertiary/aromatic N) is 1. The Balaban J connectivity index is 2.09. The Kier molecular flexibility index (Phi) is 4.43. The van der Waals surface area contributed by atoms with Crippen LogP contribution in [0.4, 0.5) is 0 Å². The van der Waals surface area contributed by atoms with Crippen molar-refractivity contribution in [2.45, 2.75) is 65.3 Å². The molecule has 0 N–H and O–H groups in total. The fraction of sp³-hybridized carbons (Fsp3) is 1.00. The first-order valence-corrected chi connectivity index (χ1v) is 6.28. The molecule has 0 aromatic carbocycles. The van der Waals surface area contributed by atoms with Crippen molar-refractivity contribution in [3.63, 3.8) is 0 Å². The number of hydrogen-bond acceptors (Lipinski definition) is 1. The maximum atomic E-state index is 2.54.